The minimum atomic E-state index is -4.54. The highest BCUT2D eigenvalue weighted by molar-refractivity contribution is 7.80. The van der Waals surface area contributed by atoms with Gasteiger partial charge in [-0.1, -0.05) is 116 Å². The molecule has 0 aromatic carbocycles. The molecule has 2 rings (SSSR count). The molecule has 1 saturated carbocycles. The monoisotopic (exact) mass is 706 g/mol. The van der Waals surface area contributed by atoms with Gasteiger partial charge >= 0.3 is 16.4 Å². The SMILES string of the molecule is CC1=C(C#C/C(=C/C=C/C(C)=C/C=C/C=C(C)/C=C/C=C(C)/C=C/C(=O)[C@]2(C)CC(=O)C[C@@]2(C)C(=O)O)CO)C(C)(C)C[C@H](OS(=O)(=O)O)C1. The van der Waals surface area contributed by atoms with Crippen LogP contribution in [0.3, 0.4) is 0 Å². The zero-order chi connectivity index (χ0) is 37.9. The van der Waals surface area contributed by atoms with Gasteiger partial charge in [0, 0.05) is 29.4 Å². The molecular formula is C40H50O9S. The lowest BCUT2D eigenvalue weighted by Gasteiger charge is -2.35. The Morgan fingerprint density at radius 2 is 1.38 bits per heavy atom. The van der Waals surface area contributed by atoms with Gasteiger partial charge in [0.1, 0.15) is 5.78 Å². The number of aliphatic hydroxyl groups excluding tert-OH is 1. The van der Waals surface area contributed by atoms with Crippen LogP contribution in [0.5, 0.6) is 0 Å². The van der Waals surface area contributed by atoms with Crippen molar-refractivity contribution in [2.75, 3.05) is 6.61 Å². The van der Waals surface area contributed by atoms with Gasteiger partial charge in [0.25, 0.3) is 0 Å². The van der Waals surface area contributed by atoms with Crippen LogP contribution in [-0.4, -0.2) is 53.4 Å². The Morgan fingerprint density at radius 3 is 1.90 bits per heavy atom. The molecule has 2 aliphatic carbocycles. The van der Waals surface area contributed by atoms with Crippen LogP contribution in [-0.2, 0) is 29.0 Å². The normalized spacial score (nSPS) is 25.7. The average Bonchev–Trinajstić information content (AvgIpc) is 3.24. The number of aliphatic carboxylic acids is 1. The molecule has 1 fully saturated rings. The Kier molecular flexibility index (Phi) is 14.9. The van der Waals surface area contributed by atoms with E-state index in [4.69, 9.17) is 8.74 Å². The summed E-state index contributed by atoms with van der Waals surface area (Å²) in [6.45, 7) is 14.2. The summed E-state index contributed by atoms with van der Waals surface area (Å²) in [4.78, 5) is 36.8. The van der Waals surface area contributed by atoms with Crippen molar-refractivity contribution in [1.82, 2.24) is 0 Å². The Balaban J connectivity index is 1.99. The highest BCUT2D eigenvalue weighted by atomic mass is 32.3. The summed E-state index contributed by atoms with van der Waals surface area (Å²) in [6, 6.07) is 0. The van der Waals surface area contributed by atoms with Gasteiger partial charge in [0.05, 0.1) is 23.5 Å². The van der Waals surface area contributed by atoms with Gasteiger partial charge < -0.3 is 10.2 Å². The Bertz CT molecular complexity index is 1800. The number of rotatable bonds is 13. The molecular weight excluding hydrogens is 656 g/mol. The molecule has 0 amide bonds. The maximum atomic E-state index is 12.9. The van der Waals surface area contributed by atoms with Crippen LogP contribution in [0.25, 0.3) is 0 Å². The maximum Gasteiger partial charge on any atom is 0.397 e. The van der Waals surface area contributed by atoms with E-state index in [0.717, 1.165) is 27.9 Å². The van der Waals surface area contributed by atoms with Gasteiger partial charge in [-0.15, -0.1) is 0 Å². The molecule has 10 heteroatoms. The first kappa shape index (κ1) is 42.0. The maximum absolute atomic E-state index is 12.9. The van der Waals surface area contributed by atoms with Crippen LogP contribution in [0.15, 0.2) is 106 Å². The Hall–Kier alpha value is -4.14. The smallest absolute Gasteiger partial charge is 0.397 e. The minimum absolute atomic E-state index is 0.0790. The van der Waals surface area contributed by atoms with Gasteiger partial charge in [0.2, 0.25) is 0 Å². The van der Waals surface area contributed by atoms with E-state index in [1.807, 2.05) is 96.2 Å². The van der Waals surface area contributed by atoms with Crippen molar-refractivity contribution in [2.24, 2.45) is 16.2 Å². The van der Waals surface area contributed by atoms with E-state index < -0.39 is 38.7 Å². The predicted molar refractivity (Wildman–Crippen MR) is 196 cm³/mol. The highest BCUT2D eigenvalue weighted by Gasteiger charge is 2.60. The van der Waals surface area contributed by atoms with Gasteiger partial charge in [-0.3, -0.25) is 18.9 Å². The van der Waals surface area contributed by atoms with Crippen LogP contribution >= 0.6 is 0 Å². The molecule has 0 heterocycles. The largest absolute Gasteiger partial charge is 0.481 e. The number of Topliss-reactive ketones (excluding diaryl/α,β-unsaturated/α-hetero) is 1. The lowest BCUT2D eigenvalue weighted by atomic mass is 9.65. The van der Waals surface area contributed by atoms with Crippen molar-refractivity contribution in [2.45, 2.75) is 87.2 Å². The van der Waals surface area contributed by atoms with Crippen molar-refractivity contribution >= 4 is 27.9 Å². The van der Waals surface area contributed by atoms with E-state index in [1.165, 1.54) is 13.0 Å². The molecule has 0 radical (unpaired) electrons. The van der Waals surface area contributed by atoms with Crippen LogP contribution in [0.2, 0.25) is 0 Å². The second-order valence-corrected chi connectivity index (χ2v) is 15.1. The second kappa shape index (κ2) is 17.7. The third-order valence-electron chi connectivity index (χ3n) is 9.19. The molecule has 3 atom stereocenters. The van der Waals surface area contributed by atoms with E-state index >= 15 is 0 Å². The zero-order valence-corrected chi connectivity index (χ0v) is 31.1. The van der Waals surface area contributed by atoms with Gasteiger partial charge in [0.15, 0.2) is 5.78 Å². The molecule has 0 saturated heterocycles. The average molecular weight is 707 g/mol. The van der Waals surface area contributed by atoms with E-state index in [0.29, 0.717) is 18.4 Å². The molecule has 270 valence electrons. The van der Waals surface area contributed by atoms with E-state index in [1.54, 1.807) is 19.1 Å². The highest BCUT2D eigenvalue weighted by Crippen LogP contribution is 2.52. The minimum Gasteiger partial charge on any atom is -0.481 e. The van der Waals surface area contributed by atoms with Crippen molar-refractivity contribution in [3.05, 3.63) is 106 Å². The molecule has 0 bridgehead atoms. The van der Waals surface area contributed by atoms with E-state index in [2.05, 4.69) is 11.8 Å². The Morgan fingerprint density at radius 1 is 0.860 bits per heavy atom. The summed E-state index contributed by atoms with van der Waals surface area (Å²) in [6.07, 6.45) is 21.5. The molecule has 50 heavy (non-hydrogen) atoms. The van der Waals surface area contributed by atoms with Gasteiger partial charge in [-0.05, 0) is 59.6 Å². The van der Waals surface area contributed by atoms with E-state index in [-0.39, 0.29) is 31.0 Å². The first-order chi connectivity index (χ1) is 23.1. The van der Waals surface area contributed by atoms with Crippen molar-refractivity contribution in [3.8, 4) is 11.8 Å². The fraction of sp³-hybridized carbons (Fsp3) is 0.425. The molecule has 9 nitrogen and oxygen atoms in total. The summed E-state index contributed by atoms with van der Waals surface area (Å²) in [5, 5.41) is 19.5. The standard InChI is InChI=1S/C40H50O9S/c1-28(15-11-16-30(3)19-22-36(43)39(7)24-33(42)25-40(39,8)37(44)45)13-9-10-14-29(2)17-12-18-32(27-41)20-21-35-31(4)23-34(26-38(35,5)6)49-50(46,47)48/h9-19,22,34,41H,23-27H2,1-8H3,(H,44,45)(H,46,47,48)/b10-9+,15-11+,17-12+,22-19+,28-13+,29-14+,30-16+,32-18-/t34-,39+,40+/m1/s1. The van der Waals surface area contributed by atoms with E-state index in [9.17, 15) is 33.0 Å². The summed E-state index contributed by atoms with van der Waals surface area (Å²) in [5.74, 6) is 4.45. The quantitative estimate of drug-likeness (QED) is 0.0773. The molecule has 2 aliphatic rings. The van der Waals surface area contributed by atoms with Crippen LogP contribution in [0, 0.1) is 28.1 Å². The fourth-order valence-corrected chi connectivity index (χ4v) is 6.59. The summed E-state index contributed by atoms with van der Waals surface area (Å²) in [7, 11) is -4.54. The van der Waals surface area contributed by atoms with Crippen molar-refractivity contribution in [3.63, 3.8) is 0 Å². The number of carboxylic acid groups (broad SMARTS) is 1. The first-order valence-electron chi connectivity index (χ1n) is 16.3. The molecule has 0 aromatic heterocycles. The summed E-state index contributed by atoms with van der Waals surface area (Å²) >= 11 is 0. The molecule has 0 spiro atoms. The number of aliphatic hydroxyl groups is 1. The molecule has 0 unspecified atom stereocenters. The van der Waals surface area contributed by atoms with Crippen molar-refractivity contribution in [1.29, 1.82) is 0 Å². The lowest BCUT2D eigenvalue weighted by Crippen LogP contribution is -2.44. The molecule has 0 aromatic rings. The van der Waals surface area contributed by atoms with Crippen LogP contribution < -0.4 is 0 Å². The molecule has 3 N–H and O–H groups in total. The number of carbonyl (C=O) groups is 3. The number of carboxylic acids is 1. The predicted octanol–water partition coefficient (Wildman–Crippen LogP) is 7.33. The topological polar surface area (TPSA) is 155 Å². The Labute approximate surface area is 297 Å². The third-order valence-corrected chi connectivity index (χ3v) is 9.70. The number of hydrogen-bond donors (Lipinski definition) is 3. The first-order valence-corrected chi connectivity index (χ1v) is 17.7. The lowest BCUT2D eigenvalue weighted by molar-refractivity contribution is -0.157. The van der Waals surface area contributed by atoms with Crippen LogP contribution in [0.1, 0.15) is 81.1 Å². The zero-order valence-electron chi connectivity index (χ0n) is 30.2. The molecule has 0 aliphatic heterocycles. The number of carbonyl (C=O) groups excluding carboxylic acids is 2. The number of hydrogen-bond acceptors (Lipinski definition) is 7. The van der Waals surface area contributed by atoms with Crippen LogP contribution in [0.4, 0.5) is 0 Å². The third kappa shape index (κ3) is 12.0. The summed E-state index contributed by atoms with van der Waals surface area (Å²) < 4.78 is 36.2. The van der Waals surface area contributed by atoms with Gasteiger partial charge in [-0.2, -0.15) is 8.42 Å². The number of ketones is 2. The summed E-state index contributed by atoms with van der Waals surface area (Å²) in [5.41, 5.74) is 1.82. The second-order valence-electron chi connectivity index (χ2n) is 14.1. The van der Waals surface area contributed by atoms with Crippen molar-refractivity contribution < 1.29 is 41.8 Å². The fourth-order valence-electron chi connectivity index (χ4n) is 6.11. The number of allylic oxidation sites excluding steroid dienone is 16. The van der Waals surface area contributed by atoms with Gasteiger partial charge in [-0.25, -0.2) is 4.18 Å².